The van der Waals surface area contributed by atoms with Crippen molar-refractivity contribution < 1.29 is 0 Å². The van der Waals surface area contributed by atoms with Gasteiger partial charge in [0.1, 0.15) is 0 Å². The summed E-state index contributed by atoms with van der Waals surface area (Å²) in [6, 6.07) is 0. The molecule has 0 saturated heterocycles. The van der Waals surface area contributed by atoms with Gasteiger partial charge in [0.2, 0.25) is 0 Å². The minimum atomic E-state index is 1.64. The summed E-state index contributed by atoms with van der Waals surface area (Å²) < 4.78 is 0. The molecule has 0 spiro atoms. The molecule has 0 N–H and O–H groups in total. The normalized spacial score (nSPS) is 9.00. The Morgan fingerprint density at radius 1 is 0.800 bits per heavy atom. The lowest BCUT2D eigenvalue weighted by Gasteiger charge is -1.62. The molecular weight excluding hydrogens is 120 g/mol. The van der Waals surface area contributed by atoms with E-state index in [0.29, 0.717) is 0 Å². The molecule has 0 nitrogen and oxygen atoms in total. The Hall–Kier alpha value is -1.04. The van der Waals surface area contributed by atoms with Gasteiger partial charge >= 0.3 is 0 Å². The lowest BCUT2D eigenvalue weighted by Crippen LogP contribution is -1.40. The van der Waals surface area contributed by atoms with Crippen molar-refractivity contribution in [3.8, 4) is 0 Å². The molecule has 56 valence electrons. The molecule has 0 aliphatic carbocycles. The van der Waals surface area contributed by atoms with Crippen molar-refractivity contribution in [1.82, 2.24) is 0 Å². The summed E-state index contributed by atoms with van der Waals surface area (Å²) in [6.07, 6.45) is 11.3. The van der Waals surface area contributed by atoms with Crippen molar-refractivity contribution in [3.63, 3.8) is 0 Å². The number of rotatable bonds is 2. The summed E-state index contributed by atoms with van der Waals surface area (Å²) in [5.74, 6) is 0. The van der Waals surface area contributed by atoms with E-state index in [0.717, 1.165) is 0 Å². The first-order chi connectivity index (χ1) is 4.83. The van der Waals surface area contributed by atoms with Crippen molar-refractivity contribution in [1.29, 1.82) is 0 Å². The van der Waals surface area contributed by atoms with Gasteiger partial charge in [0, 0.05) is 0 Å². The summed E-state index contributed by atoms with van der Waals surface area (Å²) in [6.45, 7) is 10.7. The van der Waals surface area contributed by atoms with Crippen LogP contribution in [0.4, 0.5) is 0 Å². The van der Waals surface area contributed by atoms with Gasteiger partial charge in [-0.2, -0.15) is 0 Å². The predicted molar refractivity (Wildman–Crippen MR) is 50.0 cm³/mol. The molecule has 10 heavy (non-hydrogen) atoms. The molecule has 0 saturated carbocycles. The molecule has 0 heteroatoms. The van der Waals surface area contributed by atoms with Crippen LogP contribution in [0, 0.1) is 0 Å². The molecule has 0 aromatic heterocycles. The molecule has 0 bridgehead atoms. The van der Waals surface area contributed by atoms with E-state index < -0.39 is 0 Å². The minimum absolute atomic E-state index is 1.64. The second kappa shape index (κ2) is 15.7. The van der Waals surface area contributed by atoms with Gasteiger partial charge in [-0.1, -0.05) is 49.6 Å². The molecule has 0 amide bonds. The van der Waals surface area contributed by atoms with Crippen LogP contribution in [0.2, 0.25) is 0 Å². The van der Waals surface area contributed by atoms with Crippen LogP contribution in [0.3, 0.4) is 0 Å². The molecule has 0 aromatic rings. The quantitative estimate of drug-likeness (QED) is 0.510. The predicted octanol–water partition coefficient (Wildman–Crippen LogP) is 3.50. The van der Waals surface area contributed by atoms with Gasteiger partial charge in [0.05, 0.1) is 0 Å². The highest BCUT2D eigenvalue weighted by molar-refractivity contribution is 4.98. The molecule has 0 radical (unpaired) electrons. The second-order valence-corrected chi connectivity index (χ2v) is 1.52. The van der Waals surface area contributed by atoms with Crippen LogP contribution in [0.25, 0.3) is 0 Å². The molecule has 0 aromatic carbocycles. The van der Waals surface area contributed by atoms with Crippen molar-refractivity contribution >= 4 is 0 Å². The van der Waals surface area contributed by atoms with E-state index in [1.807, 2.05) is 38.2 Å². The minimum Gasteiger partial charge on any atom is -0.0991 e. The lowest BCUT2D eigenvalue weighted by atomic mass is 10.5. The van der Waals surface area contributed by atoms with Crippen molar-refractivity contribution in [2.75, 3.05) is 0 Å². The first-order valence-corrected chi connectivity index (χ1v) is 3.30. The number of hydrogen-bond acceptors (Lipinski definition) is 0. The fourth-order valence-electron chi connectivity index (χ4n) is 0.222. The average Bonchev–Trinajstić information content (AvgIpc) is 2.01. The third-order valence-corrected chi connectivity index (χ3v) is 0.663. The van der Waals surface area contributed by atoms with Crippen LogP contribution in [-0.4, -0.2) is 0 Å². The smallest absolute Gasteiger partial charge is 0.0467 e. The van der Waals surface area contributed by atoms with Crippen LogP contribution >= 0.6 is 0 Å². The fraction of sp³-hybridized carbons (Fsp3) is 0.200. The Morgan fingerprint density at radius 2 is 1.10 bits per heavy atom. The van der Waals surface area contributed by atoms with E-state index in [2.05, 4.69) is 13.2 Å². The summed E-state index contributed by atoms with van der Waals surface area (Å²) in [5.41, 5.74) is 0. The van der Waals surface area contributed by atoms with Crippen molar-refractivity contribution in [3.05, 3.63) is 49.6 Å². The van der Waals surface area contributed by atoms with Gasteiger partial charge < -0.3 is 0 Å². The summed E-state index contributed by atoms with van der Waals surface area (Å²) >= 11 is 0. The number of hydrogen-bond donors (Lipinski definition) is 0. The van der Waals surface area contributed by atoms with E-state index in [1.165, 1.54) is 0 Å². The van der Waals surface area contributed by atoms with Crippen LogP contribution in [0.1, 0.15) is 13.8 Å². The van der Waals surface area contributed by atoms with Crippen molar-refractivity contribution in [2.24, 2.45) is 0 Å². The maximum absolute atomic E-state index is 3.36. The molecule has 0 aliphatic heterocycles. The Bertz CT molecular complexity index is 100. The highest BCUT2D eigenvalue weighted by Crippen LogP contribution is 1.71. The van der Waals surface area contributed by atoms with E-state index >= 15 is 0 Å². The Kier molecular flexibility index (Phi) is 18.4. The molecule has 0 fully saturated rings. The molecule has 0 unspecified atom stereocenters. The summed E-state index contributed by atoms with van der Waals surface area (Å²) in [5, 5.41) is 0. The summed E-state index contributed by atoms with van der Waals surface area (Å²) in [4.78, 5) is 0. The van der Waals surface area contributed by atoms with Gasteiger partial charge in [-0.15, -0.1) is 0 Å². The van der Waals surface area contributed by atoms with Crippen LogP contribution < -0.4 is 0 Å². The SMILES string of the molecule is C/C=C/C=C/C.C=CC=C. The second-order valence-electron chi connectivity index (χ2n) is 1.52. The van der Waals surface area contributed by atoms with Crippen LogP contribution in [-0.2, 0) is 0 Å². The van der Waals surface area contributed by atoms with Gasteiger partial charge in [-0.25, -0.2) is 0 Å². The molecule has 0 atom stereocenters. The highest BCUT2D eigenvalue weighted by Gasteiger charge is 1.48. The standard InChI is InChI=1S/C6H10.C4H6/c1-3-5-6-4-2;1-3-4-2/h3-6H,1-2H3;3-4H,1-2H2/b5-3+,6-4+;. The first-order valence-electron chi connectivity index (χ1n) is 3.30. The molecule has 0 rings (SSSR count). The van der Waals surface area contributed by atoms with E-state index in [4.69, 9.17) is 0 Å². The third-order valence-electron chi connectivity index (χ3n) is 0.663. The zero-order valence-corrected chi connectivity index (χ0v) is 6.88. The Labute approximate surface area is 64.3 Å². The highest BCUT2D eigenvalue weighted by atomic mass is 13.6. The zero-order valence-electron chi connectivity index (χ0n) is 6.88. The molecule has 0 aliphatic rings. The third kappa shape index (κ3) is 28.2. The van der Waals surface area contributed by atoms with E-state index in [9.17, 15) is 0 Å². The maximum atomic E-state index is 3.36. The van der Waals surface area contributed by atoms with Crippen LogP contribution in [0.5, 0.6) is 0 Å². The fourth-order valence-corrected chi connectivity index (χ4v) is 0.222. The van der Waals surface area contributed by atoms with Crippen LogP contribution in [0.15, 0.2) is 49.6 Å². The van der Waals surface area contributed by atoms with Gasteiger partial charge in [-0.05, 0) is 13.8 Å². The topological polar surface area (TPSA) is 0 Å². The monoisotopic (exact) mass is 136 g/mol. The molecule has 0 heterocycles. The zero-order chi connectivity index (χ0) is 8.24. The van der Waals surface area contributed by atoms with Crippen molar-refractivity contribution in [2.45, 2.75) is 13.8 Å². The van der Waals surface area contributed by atoms with Gasteiger partial charge in [0.25, 0.3) is 0 Å². The number of allylic oxidation sites excluding steroid dienone is 6. The van der Waals surface area contributed by atoms with Gasteiger partial charge in [-0.3, -0.25) is 0 Å². The van der Waals surface area contributed by atoms with E-state index in [-0.39, 0.29) is 0 Å². The lowest BCUT2D eigenvalue weighted by molar-refractivity contribution is 1.69. The first kappa shape index (κ1) is 11.7. The Morgan fingerprint density at radius 3 is 1.20 bits per heavy atom. The largest absolute Gasteiger partial charge is 0.0991 e. The molecular formula is C10H16. The maximum Gasteiger partial charge on any atom is -0.0467 e. The van der Waals surface area contributed by atoms with Gasteiger partial charge in [0.15, 0.2) is 0 Å². The average molecular weight is 136 g/mol. The Balaban J connectivity index is 0. The summed E-state index contributed by atoms with van der Waals surface area (Å²) in [7, 11) is 0. The van der Waals surface area contributed by atoms with E-state index in [1.54, 1.807) is 12.2 Å².